The number of fused-ring (bicyclic) bond motifs is 1. The summed E-state index contributed by atoms with van der Waals surface area (Å²) in [5, 5.41) is 22.3. The molecule has 1 amide bonds. The second-order valence-corrected chi connectivity index (χ2v) is 7.14. The van der Waals surface area contributed by atoms with E-state index in [2.05, 4.69) is 22.2 Å². The molecule has 1 saturated carbocycles. The largest absolute Gasteiger partial charge is 0.309 e. The smallest absolute Gasteiger partial charge is 0.244 e. The van der Waals surface area contributed by atoms with Crippen LogP contribution in [-0.2, 0) is 11.2 Å². The minimum absolute atomic E-state index is 0.169. The van der Waals surface area contributed by atoms with Gasteiger partial charge in [0.25, 0.3) is 0 Å². The highest BCUT2D eigenvalue weighted by Crippen LogP contribution is 2.31. The number of amides is 1. The Labute approximate surface area is 168 Å². The van der Waals surface area contributed by atoms with Gasteiger partial charge in [-0.3, -0.25) is 9.78 Å². The van der Waals surface area contributed by atoms with E-state index in [1.165, 1.54) is 19.3 Å². The molecule has 3 aromatic rings. The van der Waals surface area contributed by atoms with Gasteiger partial charge >= 0.3 is 0 Å². The summed E-state index contributed by atoms with van der Waals surface area (Å²) in [6.07, 6.45) is 8.77. The summed E-state index contributed by atoms with van der Waals surface area (Å²) in [6.45, 7) is 0.521. The molecule has 0 aromatic carbocycles. The Balaban J connectivity index is 0.000000626. The van der Waals surface area contributed by atoms with E-state index >= 15 is 0 Å². The van der Waals surface area contributed by atoms with Crippen LogP contribution in [0, 0.1) is 28.6 Å². The van der Waals surface area contributed by atoms with E-state index in [1.807, 2.05) is 30.5 Å². The van der Waals surface area contributed by atoms with Crippen molar-refractivity contribution in [1.82, 2.24) is 14.6 Å². The molecule has 1 saturated heterocycles. The summed E-state index contributed by atoms with van der Waals surface area (Å²) in [5.74, 6) is -0.750. The SMILES string of the molecule is C1CC1.N#CCc1cccc(-c2cc3c(N4CCC(C#N)C4=O)ccnn3c2)n1. The second-order valence-electron chi connectivity index (χ2n) is 7.14. The summed E-state index contributed by atoms with van der Waals surface area (Å²) in [7, 11) is 0. The lowest BCUT2D eigenvalue weighted by molar-refractivity contribution is -0.118. The van der Waals surface area contributed by atoms with Gasteiger partial charge in [-0.1, -0.05) is 25.3 Å². The molecule has 3 aromatic heterocycles. The molecular weight excluding hydrogens is 364 g/mol. The van der Waals surface area contributed by atoms with Crippen LogP contribution in [0.3, 0.4) is 0 Å². The maximum atomic E-state index is 12.4. The molecule has 4 heterocycles. The van der Waals surface area contributed by atoms with Gasteiger partial charge in [-0.05, 0) is 30.7 Å². The van der Waals surface area contributed by atoms with Crippen molar-refractivity contribution in [2.24, 2.45) is 5.92 Å². The monoisotopic (exact) mass is 384 g/mol. The Morgan fingerprint density at radius 2 is 2.00 bits per heavy atom. The number of hydrogen-bond acceptors (Lipinski definition) is 5. The van der Waals surface area contributed by atoms with E-state index in [0.29, 0.717) is 18.7 Å². The molecule has 0 radical (unpaired) electrons. The molecule has 2 aliphatic rings. The molecule has 0 bridgehead atoms. The molecule has 0 N–H and O–H groups in total. The summed E-state index contributed by atoms with van der Waals surface area (Å²) in [4.78, 5) is 18.6. The van der Waals surface area contributed by atoms with E-state index < -0.39 is 5.92 Å². The Kier molecular flexibility index (Phi) is 5.22. The molecule has 7 heteroatoms. The summed E-state index contributed by atoms with van der Waals surface area (Å²) in [6, 6.07) is 13.4. The van der Waals surface area contributed by atoms with Crippen LogP contribution in [0.5, 0.6) is 0 Å². The molecule has 0 spiro atoms. The lowest BCUT2D eigenvalue weighted by atomic mass is 10.1. The normalized spacial score (nSPS) is 17.4. The lowest BCUT2D eigenvalue weighted by Gasteiger charge is -2.16. The number of carbonyl (C=O) groups excluding carboxylic acids is 1. The highest BCUT2D eigenvalue weighted by atomic mass is 16.2. The molecule has 144 valence electrons. The maximum absolute atomic E-state index is 12.4. The third-order valence-corrected chi connectivity index (χ3v) is 4.85. The predicted octanol–water partition coefficient (Wildman–Crippen LogP) is 3.51. The Bertz CT molecular complexity index is 1130. The number of pyridine rings is 1. The van der Waals surface area contributed by atoms with E-state index in [4.69, 9.17) is 10.5 Å². The van der Waals surface area contributed by atoms with Crippen LogP contribution in [0.2, 0.25) is 0 Å². The van der Waals surface area contributed by atoms with Crippen molar-refractivity contribution in [1.29, 1.82) is 10.5 Å². The van der Waals surface area contributed by atoms with Crippen molar-refractivity contribution in [2.75, 3.05) is 11.4 Å². The number of rotatable bonds is 3. The average Bonchev–Trinajstić information content (AvgIpc) is 3.49. The molecule has 7 nitrogen and oxygen atoms in total. The molecule has 1 aliphatic carbocycles. The standard InChI is InChI=1S/C19H14N6O.C3H6/c20-7-4-15-2-1-3-16(23-15)14-10-18-17(5-8-22-25(18)12-14)24-9-6-13(11-21)19(24)26;1-2-3-1/h1-3,5,8,10,12-13H,4,6,9H2;1-3H2. The van der Waals surface area contributed by atoms with E-state index in [-0.39, 0.29) is 12.3 Å². The van der Waals surface area contributed by atoms with Crippen LogP contribution in [0.15, 0.2) is 42.7 Å². The van der Waals surface area contributed by atoms with Crippen LogP contribution in [-0.4, -0.2) is 27.0 Å². The first-order chi connectivity index (χ1) is 14.2. The van der Waals surface area contributed by atoms with Gasteiger partial charge in [0.05, 0.1) is 41.2 Å². The minimum atomic E-state index is -0.582. The third kappa shape index (κ3) is 3.95. The number of nitriles is 2. The first-order valence-electron chi connectivity index (χ1n) is 9.73. The fourth-order valence-electron chi connectivity index (χ4n) is 3.23. The Morgan fingerprint density at radius 1 is 1.17 bits per heavy atom. The number of hydrogen-bond donors (Lipinski definition) is 0. The van der Waals surface area contributed by atoms with Gasteiger partial charge in [0.15, 0.2) is 0 Å². The highest BCUT2D eigenvalue weighted by molar-refractivity contribution is 6.02. The van der Waals surface area contributed by atoms with Crippen molar-refractivity contribution >= 4 is 17.1 Å². The molecular formula is C22H20N6O. The Hall–Kier alpha value is -3.71. The van der Waals surface area contributed by atoms with Gasteiger partial charge in [0.2, 0.25) is 5.91 Å². The number of anilines is 1. The molecule has 1 aliphatic heterocycles. The fraction of sp³-hybridized carbons (Fsp3) is 0.318. The molecule has 5 rings (SSSR count). The average molecular weight is 384 g/mol. The first-order valence-corrected chi connectivity index (χ1v) is 9.73. The van der Waals surface area contributed by atoms with Crippen LogP contribution in [0.25, 0.3) is 16.8 Å². The topological polar surface area (TPSA) is 98.1 Å². The fourth-order valence-corrected chi connectivity index (χ4v) is 3.23. The number of carbonyl (C=O) groups is 1. The van der Waals surface area contributed by atoms with Crippen LogP contribution < -0.4 is 4.90 Å². The highest BCUT2D eigenvalue weighted by Gasteiger charge is 2.33. The predicted molar refractivity (Wildman–Crippen MR) is 108 cm³/mol. The zero-order chi connectivity index (χ0) is 20.2. The number of nitrogens with zero attached hydrogens (tertiary/aromatic N) is 6. The van der Waals surface area contributed by atoms with Crippen LogP contribution in [0.4, 0.5) is 5.69 Å². The van der Waals surface area contributed by atoms with Crippen molar-refractivity contribution in [2.45, 2.75) is 32.1 Å². The van der Waals surface area contributed by atoms with Gasteiger partial charge in [-0.15, -0.1) is 0 Å². The van der Waals surface area contributed by atoms with E-state index in [9.17, 15) is 4.79 Å². The van der Waals surface area contributed by atoms with Gasteiger partial charge in [-0.2, -0.15) is 15.6 Å². The lowest BCUT2D eigenvalue weighted by Crippen LogP contribution is -2.27. The van der Waals surface area contributed by atoms with Gasteiger partial charge in [-0.25, -0.2) is 4.52 Å². The van der Waals surface area contributed by atoms with Crippen molar-refractivity contribution in [3.8, 4) is 23.4 Å². The van der Waals surface area contributed by atoms with Crippen LogP contribution in [0.1, 0.15) is 31.4 Å². The van der Waals surface area contributed by atoms with E-state index in [1.54, 1.807) is 21.7 Å². The molecule has 1 unspecified atom stereocenters. The van der Waals surface area contributed by atoms with Gasteiger partial charge in [0.1, 0.15) is 5.92 Å². The minimum Gasteiger partial charge on any atom is -0.309 e. The van der Waals surface area contributed by atoms with E-state index in [0.717, 1.165) is 22.5 Å². The second kappa shape index (κ2) is 8.12. The van der Waals surface area contributed by atoms with Crippen LogP contribution >= 0.6 is 0 Å². The third-order valence-electron chi connectivity index (χ3n) is 4.85. The van der Waals surface area contributed by atoms with Crippen molar-refractivity contribution < 1.29 is 4.79 Å². The number of aromatic nitrogens is 3. The maximum Gasteiger partial charge on any atom is 0.244 e. The van der Waals surface area contributed by atoms with Gasteiger partial charge < -0.3 is 4.90 Å². The zero-order valence-electron chi connectivity index (χ0n) is 16.0. The summed E-state index contributed by atoms with van der Waals surface area (Å²) < 4.78 is 1.70. The molecule has 2 fully saturated rings. The first kappa shape index (κ1) is 18.6. The Morgan fingerprint density at radius 3 is 2.69 bits per heavy atom. The quantitative estimate of drug-likeness (QED) is 0.688. The summed E-state index contributed by atoms with van der Waals surface area (Å²) in [5.41, 5.74) is 3.83. The summed E-state index contributed by atoms with van der Waals surface area (Å²) >= 11 is 0. The zero-order valence-corrected chi connectivity index (χ0v) is 16.0. The van der Waals surface area contributed by atoms with Gasteiger partial charge in [0, 0.05) is 24.5 Å². The molecule has 29 heavy (non-hydrogen) atoms. The molecule has 1 atom stereocenters. The van der Waals surface area contributed by atoms with Crippen molar-refractivity contribution in [3.63, 3.8) is 0 Å². The van der Waals surface area contributed by atoms with Crippen molar-refractivity contribution in [3.05, 3.63) is 48.4 Å².